The number of carbonyl (C=O) groups is 1. The van der Waals surface area contributed by atoms with Crippen LogP contribution in [0.2, 0.25) is 0 Å². The molecule has 1 aromatic carbocycles. The Labute approximate surface area is 176 Å². The van der Waals surface area contributed by atoms with E-state index < -0.39 is 0 Å². The van der Waals surface area contributed by atoms with Gasteiger partial charge in [-0.2, -0.15) is 0 Å². The summed E-state index contributed by atoms with van der Waals surface area (Å²) in [5.41, 5.74) is 2.32. The molecule has 4 rings (SSSR count). The minimum Gasteiger partial charge on any atom is -0.497 e. The van der Waals surface area contributed by atoms with Crippen molar-refractivity contribution in [2.45, 2.75) is 90.1 Å². The Morgan fingerprint density at radius 1 is 1.24 bits per heavy atom. The van der Waals surface area contributed by atoms with Crippen LogP contribution in [0.5, 0.6) is 5.75 Å². The zero-order valence-corrected chi connectivity index (χ0v) is 18.5. The van der Waals surface area contributed by atoms with Crippen molar-refractivity contribution >= 4 is 6.29 Å². The Hall–Kier alpha value is -1.35. The number of rotatable bonds is 7. The number of aldehydes is 1. The van der Waals surface area contributed by atoms with Crippen molar-refractivity contribution in [2.75, 3.05) is 7.11 Å². The number of benzene rings is 1. The summed E-state index contributed by atoms with van der Waals surface area (Å²) < 4.78 is 5.48. The van der Waals surface area contributed by atoms with Crippen LogP contribution in [0.25, 0.3) is 0 Å². The number of aliphatic hydroxyl groups is 1. The fraction of sp³-hybridized carbons (Fsp3) is 0.731. The second-order valence-corrected chi connectivity index (χ2v) is 10.2. The fourth-order valence-corrected chi connectivity index (χ4v) is 7.49. The maximum atomic E-state index is 12.9. The summed E-state index contributed by atoms with van der Waals surface area (Å²) in [7, 11) is 1.72. The average molecular weight is 399 g/mol. The molecule has 2 saturated carbocycles. The van der Waals surface area contributed by atoms with Gasteiger partial charge in [-0.25, -0.2) is 0 Å². The molecule has 0 radical (unpaired) electrons. The SMILES string of the molecule is CCCCCC[C@H]1C[C@@]2(C)[C@@H](CC[C@@H]2O)[C@]2(C=O)CCc3cc(OC)ccc3[C@@H]12. The summed E-state index contributed by atoms with van der Waals surface area (Å²) in [5, 5.41) is 10.9. The van der Waals surface area contributed by atoms with Crippen LogP contribution in [0.4, 0.5) is 0 Å². The lowest BCUT2D eigenvalue weighted by molar-refractivity contribution is -0.140. The molecule has 0 spiro atoms. The smallest absolute Gasteiger partial charge is 0.127 e. The van der Waals surface area contributed by atoms with Gasteiger partial charge in [0.15, 0.2) is 0 Å². The molecule has 2 fully saturated rings. The second-order valence-electron chi connectivity index (χ2n) is 10.2. The molecule has 1 N–H and O–H groups in total. The number of hydrogen-bond donors (Lipinski definition) is 1. The first-order valence-corrected chi connectivity index (χ1v) is 11.8. The quantitative estimate of drug-likeness (QED) is 0.475. The van der Waals surface area contributed by atoms with Crippen LogP contribution in [-0.4, -0.2) is 24.6 Å². The van der Waals surface area contributed by atoms with Gasteiger partial charge in [0.25, 0.3) is 0 Å². The number of aryl methyl sites for hydroxylation is 1. The number of methoxy groups -OCH3 is 1. The molecule has 0 heterocycles. The van der Waals surface area contributed by atoms with Gasteiger partial charge in [-0.05, 0) is 85.0 Å². The molecule has 0 aliphatic heterocycles. The third kappa shape index (κ3) is 3.24. The molecule has 3 nitrogen and oxygen atoms in total. The molecule has 0 amide bonds. The van der Waals surface area contributed by atoms with E-state index in [4.69, 9.17) is 4.74 Å². The summed E-state index contributed by atoms with van der Waals surface area (Å²) in [6.45, 7) is 4.53. The molecule has 3 heteroatoms. The highest BCUT2D eigenvalue weighted by atomic mass is 16.5. The van der Waals surface area contributed by atoms with Crippen molar-refractivity contribution in [2.24, 2.45) is 22.7 Å². The first-order valence-electron chi connectivity index (χ1n) is 11.8. The van der Waals surface area contributed by atoms with E-state index in [0.29, 0.717) is 17.8 Å². The highest BCUT2D eigenvalue weighted by Gasteiger charge is 2.64. The molecule has 6 atom stereocenters. The fourth-order valence-electron chi connectivity index (χ4n) is 7.49. The van der Waals surface area contributed by atoms with Crippen molar-refractivity contribution in [1.29, 1.82) is 0 Å². The highest BCUT2D eigenvalue weighted by Crippen LogP contribution is 2.68. The standard InChI is InChI=1S/C26H38O3/c1-4-5-6-7-8-19-16-25(2)22(11-12-23(25)28)26(17-27)14-13-18-15-20(29-3)9-10-21(18)24(19)26/h9-10,15,17,19,22-24,28H,4-8,11-14,16H2,1-3H3/t19-,22+,23-,24+,25-,26+/m0/s1. The lowest BCUT2D eigenvalue weighted by Gasteiger charge is -2.59. The largest absolute Gasteiger partial charge is 0.497 e. The Bertz CT molecular complexity index is 743. The summed E-state index contributed by atoms with van der Waals surface area (Å²) in [5.74, 6) is 1.98. The van der Waals surface area contributed by atoms with Gasteiger partial charge in [0.2, 0.25) is 0 Å². The van der Waals surface area contributed by atoms with Crippen molar-refractivity contribution in [3.8, 4) is 5.75 Å². The Balaban J connectivity index is 1.76. The lowest BCUT2D eigenvalue weighted by Crippen LogP contribution is -2.55. The van der Waals surface area contributed by atoms with Crippen molar-refractivity contribution in [3.63, 3.8) is 0 Å². The summed E-state index contributed by atoms with van der Waals surface area (Å²) in [6, 6.07) is 6.50. The normalized spacial score (nSPS) is 38.1. The maximum Gasteiger partial charge on any atom is 0.127 e. The van der Waals surface area contributed by atoms with E-state index in [9.17, 15) is 9.90 Å². The molecule has 29 heavy (non-hydrogen) atoms. The van der Waals surface area contributed by atoms with Gasteiger partial charge in [0, 0.05) is 5.41 Å². The van der Waals surface area contributed by atoms with Gasteiger partial charge in [-0.15, -0.1) is 0 Å². The van der Waals surface area contributed by atoms with Crippen LogP contribution in [0.3, 0.4) is 0 Å². The van der Waals surface area contributed by atoms with E-state index in [1.807, 2.05) is 0 Å². The molecule has 0 aromatic heterocycles. The summed E-state index contributed by atoms with van der Waals surface area (Å²) in [6.07, 6.45) is 12.0. The predicted molar refractivity (Wildman–Crippen MR) is 116 cm³/mol. The third-order valence-corrected chi connectivity index (χ3v) is 8.85. The van der Waals surface area contributed by atoms with Gasteiger partial charge >= 0.3 is 0 Å². The van der Waals surface area contributed by atoms with E-state index in [1.165, 1.54) is 49.5 Å². The van der Waals surface area contributed by atoms with Gasteiger partial charge in [0.05, 0.1) is 13.2 Å². The van der Waals surface area contributed by atoms with Gasteiger partial charge in [0.1, 0.15) is 12.0 Å². The Morgan fingerprint density at radius 2 is 2.07 bits per heavy atom. The van der Waals surface area contributed by atoms with E-state index in [-0.39, 0.29) is 16.9 Å². The topological polar surface area (TPSA) is 46.5 Å². The first kappa shape index (κ1) is 20.9. The van der Waals surface area contributed by atoms with Crippen LogP contribution >= 0.6 is 0 Å². The molecule has 3 aliphatic carbocycles. The monoisotopic (exact) mass is 398 g/mol. The van der Waals surface area contributed by atoms with Crippen molar-refractivity contribution in [3.05, 3.63) is 29.3 Å². The Kier molecular flexibility index (Phi) is 5.81. The Morgan fingerprint density at radius 3 is 2.79 bits per heavy atom. The zero-order chi connectivity index (χ0) is 20.6. The first-order chi connectivity index (χ1) is 14.0. The highest BCUT2D eigenvalue weighted by molar-refractivity contribution is 5.66. The number of ether oxygens (including phenoxy) is 1. The van der Waals surface area contributed by atoms with Crippen LogP contribution in [0.15, 0.2) is 18.2 Å². The predicted octanol–water partition coefficient (Wildman–Crippen LogP) is 5.68. The van der Waals surface area contributed by atoms with Crippen LogP contribution in [0, 0.1) is 22.7 Å². The lowest BCUT2D eigenvalue weighted by atomic mass is 9.44. The minimum atomic E-state index is -0.318. The number of fused-ring (bicyclic) bond motifs is 5. The third-order valence-electron chi connectivity index (χ3n) is 8.85. The van der Waals surface area contributed by atoms with Crippen LogP contribution in [0.1, 0.15) is 88.7 Å². The van der Waals surface area contributed by atoms with E-state index in [0.717, 1.165) is 37.9 Å². The van der Waals surface area contributed by atoms with Crippen LogP contribution in [-0.2, 0) is 11.2 Å². The van der Waals surface area contributed by atoms with Gasteiger partial charge < -0.3 is 14.6 Å². The van der Waals surface area contributed by atoms with Crippen molar-refractivity contribution in [1.82, 2.24) is 0 Å². The number of hydrogen-bond acceptors (Lipinski definition) is 3. The number of carbonyl (C=O) groups excluding carboxylic acids is 1. The minimum absolute atomic E-state index is 0.114. The maximum absolute atomic E-state index is 12.9. The molecule has 0 saturated heterocycles. The molecular formula is C26H38O3. The number of unbranched alkanes of at least 4 members (excludes halogenated alkanes) is 3. The van der Waals surface area contributed by atoms with Gasteiger partial charge in [-0.3, -0.25) is 0 Å². The molecule has 1 aromatic rings. The molecular weight excluding hydrogens is 360 g/mol. The summed E-state index contributed by atoms with van der Waals surface area (Å²) in [4.78, 5) is 12.9. The zero-order valence-electron chi connectivity index (χ0n) is 18.5. The second kappa shape index (κ2) is 8.06. The molecule has 0 unspecified atom stereocenters. The van der Waals surface area contributed by atoms with Crippen molar-refractivity contribution < 1.29 is 14.6 Å². The summed E-state index contributed by atoms with van der Waals surface area (Å²) >= 11 is 0. The van der Waals surface area contributed by atoms with Crippen LogP contribution < -0.4 is 4.74 Å². The molecule has 3 aliphatic rings. The molecule has 0 bridgehead atoms. The average Bonchev–Trinajstić information content (AvgIpc) is 3.04. The van der Waals surface area contributed by atoms with E-state index in [1.54, 1.807) is 7.11 Å². The van der Waals surface area contributed by atoms with E-state index in [2.05, 4.69) is 32.0 Å². The van der Waals surface area contributed by atoms with Gasteiger partial charge in [-0.1, -0.05) is 45.6 Å². The molecule has 160 valence electrons. The van der Waals surface area contributed by atoms with E-state index >= 15 is 0 Å². The number of aliphatic hydroxyl groups excluding tert-OH is 1.